The van der Waals surface area contributed by atoms with Crippen LogP contribution in [0.5, 0.6) is 5.75 Å². The zero-order chi connectivity index (χ0) is 23.0. The fourth-order valence-corrected chi connectivity index (χ4v) is 5.03. The molecule has 0 spiro atoms. The molecule has 0 radical (unpaired) electrons. The van der Waals surface area contributed by atoms with Crippen LogP contribution < -0.4 is 20.7 Å². The molecule has 2 aromatic carbocycles. The Bertz CT molecular complexity index is 878. The van der Waals surface area contributed by atoms with Gasteiger partial charge in [-0.2, -0.15) is 0 Å². The Hall–Kier alpha value is -2.41. The Kier molecular flexibility index (Phi) is 8.37. The summed E-state index contributed by atoms with van der Waals surface area (Å²) in [5.74, 6) is 1.24. The van der Waals surface area contributed by atoms with Crippen molar-refractivity contribution in [2.24, 2.45) is 5.92 Å². The summed E-state index contributed by atoms with van der Waals surface area (Å²) < 4.78 is 5.21. The first-order valence-electron chi connectivity index (χ1n) is 12.2. The van der Waals surface area contributed by atoms with Gasteiger partial charge in [-0.05, 0) is 68.2 Å². The van der Waals surface area contributed by atoms with E-state index in [1.807, 2.05) is 12.1 Å². The average molecular weight is 451 g/mol. The third-order valence-corrected chi connectivity index (χ3v) is 7.05. The zero-order valence-corrected chi connectivity index (χ0v) is 20.0. The number of piperidine rings is 1. The first-order valence-corrected chi connectivity index (χ1v) is 12.2. The maximum atomic E-state index is 13.0. The molecule has 4 rings (SSSR count). The third kappa shape index (κ3) is 6.56. The van der Waals surface area contributed by atoms with E-state index in [0.29, 0.717) is 12.6 Å². The van der Waals surface area contributed by atoms with Crippen LogP contribution in [0, 0.1) is 5.92 Å². The molecule has 0 unspecified atom stereocenters. The minimum atomic E-state index is -0.00965. The largest absolute Gasteiger partial charge is 0.497 e. The van der Waals surface area contributed by atoms with Gasteiger partial charge in [0, 0.05) is 38.1 Å². The van der Waals surface area contributed by atoms with Crippen LogP contribution in [-0.2, 0) is 17.8 Å². The van der Waals surface area contributed by atoms with Gasteiger partial charge >= 0.3 is 0 Å². The van der Waals surface area contributed by atoms with Gasteiger partial charge in [0.05, 0.1) is 13.0 Å². The van der Waals surface area contributed by atoms with E-state index in [1.165, 1.54) is 29.5 Å². The van der Waals surface area contributed by atoms with E-state index in [2.05, 4.69) is 64.3 Å². The Morgan fingerprint density at radius 3 is 2.42 bits per heavy atom. The molecule has 2 aliphatic heterocycles. The third-order valence-electron chi connectivity index (χ3n) is 7.05. The molecule has 2 aliphatic rings. The number of hydrogen-bond donors (Lipinski definition) is 3. The van der Waals surface area contributed by atoms with Crippen molar-refractivity contribution in [1.29, 1.82) is 0 Å². The average Bonchev–Trinajstić information content (AvgIpc) is 3.26. The number of methoxy groups -OCH3 is 1. The van der Waals surface area contributed by atoms with E-state index < -0.39 is 0 Å². The molecule has 2 atom stereocenters. The highest BCUT2D eigenvalue weighted by molar-refractivity contribution is 5.80. The second-order valence-electron chi connectivity index (χ2n) is 9.47. The topological polar surface area (TPSA) is 65.6 Å². The quantitative estimate of drug-likeness (QED) is 0.548. The minimum Gasteiger partial charge on any atom is -0.497 e. The number of likely N-dealkylation sites (N-methyl/N-ethyl adjacent to an activating group) is 1. The van der Waals surface area contributed by atoms with Crippen molar-refractivity contribution >= 4 is 5.91 Å². The van der Waals surface area contributed by atoms with Gasteiger partial charge in [-0.15, -0.1) is 0 Å². The standard InChI is InChI=1S/C27H38N4O2/c1-31-18-25(22-7-3-21(4-8-22)17-30-23-12-14-28-15-13-23)26(19-31)27(32)29-16-11-20-5-9-24(33-2)10-6-20/h3-10,23,25-26,28,30H,11-19H2,1-2H3,(H,29,32)/t25-,26+/m0/s1. The number of carbonyl (C=O) groups is 1. The van der Waals surface area contributed by atoms with Crippen molar-refractivity contribution in [2.45, 2.75) is 37.8 Å². The molecule has 178 valence electrons. The van der Waals surface area contributed by atoms with Gasteiger partial charge in [-0.25, -0.2) is 0 Å². The molecule has 6 nitrogen and oxygen atoms in total. The van der Waals surface area contributed by atoms with E-state index in [1.54, 1.807) is 7.11 Å². The zero-order valence-electron chi connectivity index (χ0n) is 20.0. The van der Waals surface area contributed by atoms with Crippen LogP contribution >= 0.6 is 0 Å². The monoisotopic (exact) mass is 450 g/mol. The van der Waals surface area contributed by atoms with Gasteiger partial charge in [0.2, 0.25) is 5.91 Å². The van der Waals surface area contributed by atoms with Gasteiger partial charge in [0.1, 0.15) is 5.75 Å². The fraction of sp³-hybridized carbons (Fsp3) is 0.519. The van der Waals surface area contributed by atoms with Crippen LogP contribution in [0.4, 0.5) is 0 Å². The number of likely N-dealkylation sites (tertiary alicyclic amines) is 1. The Morgan fingerprint density at radius 2 is 1.73 bits per heavy atom. The Morgan fingerprint density at radius 1 is 1.03 bits per heavy atom. The molecular formula is C27H38N4O2. The summed E-state index contributed by atoms with van der Waals surface area (Å²) in [5.41, 5.74) is 3.77. The molecule has 2 fully saturated rings. The van der Waals surface area contributed by atoms with Crippen molar-refractivity contribution in [3.05, 3.63) is 65.2 Å². The summed E-state index contributed by atoms with van der Waals surface area (Å²) in [4.78, 5) is 15.3. The van der Waals surface area contributed by atoms with Crippen molar-refractivity contribution in [3.8, 4) is 5.75 Å². The summed E-state index contributed by atoms with van der Waals surface area (Å²) in [5, 5.41) is 10.3. The summed E-state index contributed by atoms with van der Waals surface area (Å²) in [6.45, 7) is 5.50. The number of nitrogens with one attached hydrogen (secondary N) is 3. The predicted molar refractivity (Wildman–Crippen MR) is 133 cm³/mol. The lowest BCUT2D eigenvalue weighted by atomic mass is 9.88. The molecule has 33 heavy (non-hydrogen) atoms. The maximum absolute atomic E-state index is 13.0. The lowest BCUT2D eigenvalue weighted by molar-refractivity contribution is -0.124. The second kappa shape index (κ2) is 11.6. The number of ether oxygens (including phenoxy) is 1. The van der Waals surface area contributed by atoms with Gasteiger partial charge in [0.25, 0.3) is 0 Å². The van der Waals surface area contributed by atoms with Gasteiger partial charge in [0.15, 0.2) is 0 Å². The molecule has 0 saturated carbocycles. The number of carbonyl (C=O) groups excluding carboxylic acids is 1. The number of nitrogens with zero attached hydrogens (tertiary/aromatic N) is 1. The number of hydrogen-bond acceptors (Lipinski definition) is 5. The molecule has 3 N–H and O–H groups in total. The number of amides is 1. The normalized spacial score (nSPS) is 21.8. The first kappa shape index (κ1) is 23.7. The summed E-state index contributed by atoms with van der Waals surface area (Å²) >= 11 is 0. The SMILES string of the molecule is COc1ccc(CCNC(=O)[C@@H]2CN(C)C[C@H]2c2ccc(CNC3CCNCC3)cc2)cc1. The van der Waals surface area contributed by atoms with E-state index >= 15 is 0 Å². The van der Waals surface area contributed by atoms with Crippen molar-refractivity contribution < 1.29 is 9.53 Å². The molecule has 1 amide bonds. The maximum Gasteiger partial charge on any atom is 0.225 e. The highest BCUT2D eigenvalue weighted by Gasteiger charge is 2.36. The molecular weight excluding hydrogens is 412 g/mol. The first-order chi connectivity index (χ1) is 16.1. The minimum absolute atomic E-state index is 0.00965. The highest BCUT2D eigenvalue weighted by atomic mass is 16.5. The highest BCUT2D eigenvalue weighted by Crippen LogP contribution is 2.32. The van der Waals surface area contributed by atoms with Crippen LogP contribution in [0.25, 0.3) is 0 Å². The lowest BCUT2D eigenvalue weighted by Crippen LogP contribution is -2.39. The van der Waals surface area contributed by atoms with E-state index in [0.717, 1.165) is 44.9 Å². The van der Waals surface area contributed by atoms with Gasteiger partial charge in [-0.3, -0.25) is 4.79 Å². The van der Waals surface area contributed by atoms with Crippen molar-refractivity contribution in [1.82, 2.24) is 20.9 Å². The smallest absolute Gasteiger partial charge is 0.225 e. The fourth-order valence-electron chi connectivity index (χ4n) is 5.03. The van der Waals surface area contributed by atoms with Crippen LogP contribution in [0.2, 0.25) is 0 Å². The molecule has 6 heteroatoms. The Labute approximate surface area is 198 Å². The second-order valence-corrected chi connectivity index (χ2v) is 9.47. The molecule has 0 bridgehead atoms. The van der Waals surface area contributed by atoms with E-state index in [-0.39, 0.29) is 17.7 Å². The summed E-state index contributed by atoms with van der Waals surface area (Å²) in [7, 11) is 3.78. The van der Waals surface area contributed by atoms with Crippen LogP contribution in [0.15, 0.2) is 48.5 Å². The van der Waals surface area contributed by atoms with E-state index in [9.17, 15) is 4.79 Å². The van der Waals surface area contributed by atoms with Crippen molar-refractivity contribution in [3.63, 3.8) is 0 Å². The molecule has 0 aliphatic carbocycles. The molecule has 2 saturated heterocycles. The number of benzene rings is 2. The Balaban J connectivity index is 1.29. The van der Waals surface area contributed by atoms with Gasteiger partial charge < -0.3 is 25.6 Å². The van der Waals surface area contributed by atoms with Crippen LogP contribution in [0.1, 0.15) is 35.4 Å². The van der Waals surface area contributed by atoms with Crippen molar-refractivity contribution in [2.75, 3.05) is 46.9 Å². The molecule has 2 aromatic rings. The predicted octanol–water partition coefficient (Wildman–Crippen LogP) is 2.54. The van der Waals surface area contributed by atoms with Crippen LogP contribution in [-0.4, -0.2) is 63.7 Å². The lowest BCUT2D eigenvalue weighted by Gasteiger charge is -2.24. The molecule has 2 heterocycles. The van der Waals surface area contributed by atoms with E-state index in [4.69, 9.17) is 4.74 Å². The summed E-state index contributed by atoms with van der Waals surface area (Å²) in [6, 6.07) is 17.5. The van der Waals surface area contributed by atoms with Crippen LogP contribution in [0.3, 0.4) is 0 Å². The summed E-state index contributed by atoms with van der Waals surface area (Å²) in [6.07, 6.45) is 3.21. The molecule has 0 aromatic heterocycles. The van der Waals surface area contributed by atoms with Gasteiger partial charge in [-0.1, -0.05) is 36.4 Å². The number of rotatable bonds is 9.